The van der Waals surface area contributed by atoms with Crippen molar-refractivity contribution >= 4 is 21.4 Å². The lowest BCUT2D eigenvalue weighted by Crippen LogP contribution is -2.49. The van der Waals surface area contributed by atoms with Crippen molar-refractivity contribution in [3.05, 3.63) is 28.3 Å². The topological polar surface area (TPSA) is 119 Å². The molecule has 2 aliphatic heterocycles. The van der Waals surface area contributed by atoms with Gasteiger partial charge in [-0.3, -0.25) is 15.0 Å². The third-order valence-electron chi connectivity index (χ3n) is 4.73. The SMILES string of the molecule is CN(c1ccc(S(N)(=O)=O)cc1[N+](=O)[O-])C1CCN(C2COC2)C1. The summed E-state index contributed by atoms with van der Waals surface area (Å²) in [6, 6.07) is 4.34. The van der Waals surface area contributed by atoms with Crippen LogP contribution in [0.4, 0.5) is 11.4 Å². The number of hydrogen-bond donors (Lipinski definition) is 1. The van der Waals surface area contributed by atoms with Gasteiger partial charge in [-0.2, -0.15) is 0 Å². The zero-order chi connectivity index (χ0) is 17.5. The van der Waals surface area contributed by atoms with E-state index in [1.807, 2.05) is 4.90 Å². The van der Waals surface area contributed by atoms with Gasteiger partial charge in [0.05, 0.1) is 29.1 Å². The molecule has 24 heavy (non-hydrogen) atoms. The second-order valence-corrected chi connectivity index (χ2v) is 7.75. The molecule has 1 unspecified atom stereocenters. The van der Waals surface area contributed by atoms with Gasteiger partial charge in [-0.25, -0.2) is 13.6 Å². The summed E-state index contributed by atoms with van der Waals surface area (Å²) in [5.74, 6) is 0. The van der Waals surface area contributed by atoms with Crippen LogP contribution < -0.4 is 10.0 Å². The maximum atomic E-state index is 11.4. The number of nitrogens with two attached hydrogens (primary N) is 1. The normalized spacial score (nSPS) is 22.3. The lowest BCUT2D eigenvalue weighted by Gasteiger charge is -2.35. The first-order valence-corrected chi connectivity index (χ1v) is 9.18. The predicted octanol–water partition coefficient (Wildman–Crippen LogP) is 0.152. The van der Waals surface area contributed by atoms with Crippen molar-refractivity contribution in [2.45, 2.75) is 23.4 Å². The third kappa shape index (κ3) is 3.22. The smallest absolute Gasteiger partial charge is 0.293 e. The molecule has 9 nitrogen and oxygen atoms in total. The predicted molar refractivity (Wildman–Crippen MR) is 87.5 cm³/mol. The van der Waals surface area contributed by atoms with Gasteiger partial charge < -0.3 is 9.64 Å². The Kier molecular flexibility index (Phi) is 4.47. The summed E-state index contributed by atoms with van der Waals surface area (Å²) in [6.07, 6.45) is 0.890. The van der Waals surface area contributed by atoms with Crippen molar-refractivity contribution < 1.29 is 18.1 Å². The van der Waals surface area contributed by atoms with Crippen LogP contribution in [0.2, 0.25) is 0 Å². The molecule has 0 saturated carbocycles. The Balaban J connectivity index is 1.84. The maximum Gasteiger partial charge on any atom is 0.293 e. The third-order valence-corrected chi connectivity index (χ3v) is 5.64. The molecule has 1 aromatic carbocycles. The molecule has 2 heterocycles. The zero-order valence-electron chi connectivity index (χ0n) is 13.3. The summed E-state index contributed by atoms with van der Waals surface area (Å²) in [6.45, 7) is 3.20. The van der Waals surface area contributed by atoms with Crippen molar-refractivity contribution in [3.8, 4) is 0 Å². The molecule has 0 spiro atoms. The van der Waals surface area contributed by atoms with E-state index >= 15 is 0 Å². The van der Waals surface area contributed by atoms with Crippen LogP contribution in [0, 0.1) is 10.1 Å². The summed E-state index contributed by atoms with van der Waals surface area (Å²) in [7, 11) is -2.19. The number of nitro benzene ring substituents is 1. The van der Waals surface area contributed by atoms with E-state index in [9.17, 15) is 18.5 Å². The van der Waals surface area contributed by atoms with Crippen molar-refractivity contribution in [2.75, 3.05) is 38.3 Å². The molecule has 1 atom stereocenters. The largest absolute Gasteiger partial charge is 0.378 e. The summed E-state index contributed by atoms with van der Waals surface area (Å²) in [4.78, 5) is 14.7. The highest BCUT2D eigenvalue weighted by Crippen LogP contribution is 2.33. The fourth-order valence-corrected chi connectivity index (χ4v) is 3.70. The molecular weight excluding hydrogens is 336 g/mol. The van der Waals surface area contributed by atoms with Crippen molar-refractivity contribution in [1.82, 2.24) is 4.90 Å². The van der Waals surface area contributed by atoms with Gasteiger partial charge in [0.2, 0.25) is 10.0 Å². The number of sulfonamides is 1. The number of rotatable bonds is 5. The summed E-state index contributed by atoms with van der Waals surface area (Å²) >= 11 is 0. The van der Waals surface area contributed by atoms with E-state index in [-0.39, 0.29) is 16.6 Å². The minimum absolute atomic E-state index is 0.129. The van der Waals surface area contributed by atoms with Gasteiger partial charge in [-0.1, -0.05) is 0 Å². The molecule has 2 aliphatic rings. The number of likely N-dealkylation sites (tertiary alicyclic amines) is 1. The molecule has 132 valence electrons. The Hall–Kier alpha value is -1.75. The minimum atomic E-state index is -3.98. The summed E-state index contributed by atoms with van der Waals surface area (Å²) in [5, 5.41) is 16.4. The monoisotopic (exact) mass is 356 g/mol. The number of hydrogen-bond acceptors (Lipinski definition) is 7. The summed E-state index contributed by atoms with van der Waals surface area (Å²) < 4.78 is 28.1. The van der Waals surface area contributed by atoms with Gasteiger partial charge in [0.25, 0.3) is 5.69 Å². The molecular formula is C14H20N4O5S. The highest BCUT2D eigenvalue weighted by Gasteiger charge is 2.35. The Morgan fingerprint density at radius 1 is 1.42 bits per heavy atom. The first-order valence-electron chi connectivity index (χ1n) is 7.63. The average molecular weight is 356 g/mol. The van der Waals surface area contributed by atoms with E-state index in [1.54, 1.807) is 7.05 Å². The molecule has 10 heteroatoms. The highest BCUT2D eigenvalue weighted by molar-refractivity contribution is 7.89. The van der Waals surface area contributed by atoms with E-state index in [4.69, 9.17) is 9.88 Å². The lowest BCUT2D eigenvalue weighted by molar-refractivity contribution is -0.384. The number of nitrogens with zero attached hydrogens (tertiary/aromatic N) is 3. The van der Waals surface area contributed by atoms with E-state index in [0.29, 0.717) is 11.7 Å². The molecule has 2 N–H and O–H groups in total. The lowest BCUT2D eigenvalue weighted by atomic mass is 10.1. The maximum absolute atomic E-state index is 11.4. The molecule has 0 aliphatic carbocycles. The van der Waals surface area contributed by atoms with Crippen molar-refractivity contribution in [3.63, 3.8) is 0 Å². The van der Waals surface area contributed by atoms with Crippen LogP contribution in [-0.4, -0.2) is 63.7 Å². The number of ether oxygens (including phenoxy) is 1. The number of benzene rings is 1. The highest BCUT2D eigenvalue weighted by atomic mass is 32.2. The number of nitro groups is 1. The number of likely N-dealkylation sites (N-methyl/N-ethyl adjacent to an activating group) is 1. The minimum Gasteiger partial charge on any atom is -0.378 e. The van der Waals surface area contributed by atoms with E-state index < -0.39 is 14.9 Å². The van der Waals surface area contributed by atoms with Crippen LogP contribution in [0.5, 0.6) is 0 Å². The van der Waals surface area contributed by atoms with E-state index in [1.165, 1.54) is 12.1 Å². The van der Waals surface area contributed by atoms with Crippen molar-refractivity contribution in [1.29, 1.82) is 0 Å². The first-order chi connectivity index (χ1) is 11.3. The molecule has 3 rings (SSSR count). The first kappa shape index (κ1) is 17.1. The fourth-order valence-electron chi connectivity index (χ4n) is 3.17. The van der Waals surface area contributed by atoms with Crippen LogP contribution in [0.3, 0.4) is 0 Å². The van der Waals surface area contributed by atoms with Gasteiger partial charge in [0, 0.05) is 32.2 Å². The standard InChI is InChI=1S/C14H20N4O5S/c1-16(10-4-5-17(7-10)11-8-23-9-11)13-3-2-12(24(15,21)22)6-14(13)18(19)20/h2-3,6,10-11H,4-5,7-9H2,1H3,(H2,15,21,22). The van der Waals surface area contributed by atoms with Gasteiger partial charge in [-0.15, -0.1) is 0 Å². The van der Waals surface area contributed by atoms with Crippen LogP contribution in [0.1, 0.15) is 6.42 Å². The number of anilines is 1. The Morgan fingerprint density at radius 3 is 2.67 bits per heavy atom. The number of primary sulfonamides is 1. The van der Waals surface area contributed by atoms with Gasteiger partial charge in [-0.05, 0) is 18.6 Å². The molecule has 0 bridgehead atoms. The second-order valence-electron chi connectivity index (χ2n) is 6.19. The molecule has 0 radical (unpaired) electrons. The van der Waals surface area contributed by atoms with Crippen LogP contribution in [-0.2, 0) is 14.8 Å². The van der Waals surface area contributed by atoms with Gasteiger partial charge >= 0.3 is 0 Å². The van der Waals surface area contributed by atoms with Gasteiger partial charge in [0.15, 0.2) is 0 Å². The molecule has 0 aromatic heterocycles. The molecule has 2 fully saturated rings. The molecule has 1 aromatic rings. The van der Waals surface area contributed by atoms with E-state index in [2.05, 4.69) is 4.90 Å². The van der Waals surface area contributed by atoms with Crippen LogP contribution in [0.25, 0.3) is 0 Å². The van der Waals surface area contributed by atoms with Crippen LogP contribution >= 0.6 is 0 Å². The second kappa shape index (κ2) is 6.28. The Labute approximate surface area is 140 Å². The molecule has 0 amide bonds. The average Bonchev–Trinajstić information content (AvgIpc) is 2.92. The Morgan fingerprint density at radius 2 is 2.12 bits per heavy atom. The van der Waals surface area contributed by atoms with Gasteiger partial charge in [0.1, 0.15) is 5.69 Å². The van der Waals surface area contributed by atoms with E-state index in [0.717, 1.165) is 38.8 Å². The van der Waals surface area contributed by atoms with Crippen molar-refractivity contribution in [2.24, 2.45) is 5.14 Å². The Bertz CT molecular complexity index is 750. The molecule has 2 saturated heterocycles. The zero-order valence-corrected chi connectivity index (χ0v) is 14.1. The van der Waals surface area contributed by atoms with Crippen LogP contribution in [0.15, 0.2) is 23.1 Å². The summed E-state index contributed by atoms with van der Waals surface area (Å²) in [5.41, 5.74) is 0.138. The quantitative estimate of drug-likeness (QED) is 0.589. The fraction of sp³-hybridized carbons (Fsp3) is 0.571.